The number of rotatable bonds is 12. The average Bonchev–Trinajstić information content (AvgIpc) is 2.93. The van der Waals surface area contributed by atoms with Crippen molar-refractivity contribution in [2.24, 2.45) is 0 Å². The SMILES string of the molecule is O=C(O)CCc1ccc(C(OC(c2ccc(CCC(=O)O)cc2)c2ccc(Cl)cc2Cl)c2ccc(Cl)cc2Cl)cc1. The van der Waals surface area contributed by atoms with Crippen molar-refractivity contribution in [2.45, 2.75) is 37.9 Å². The van der Waals surface area contributed by atoms with Gasteiger partial charge in [-0.1, -0.05) is 107 Å². The third kappa shape index (κ3) is 8.48. The average molecular weight is 632 g/mol. The topological polar surface area (TPSA) is 83.8 Å². The molecule has 41 heavy (non-hydrogen) atoms. The maximum Gasteiger partial charge on any atom is 0.303 e. The molecule has 0 radical (unpaired) electrons. The minimum Gasteiger partial charge on any atom is -0.481 e. The Morgan fingerprint density at radius 3 is 1.27 bits per heavy atom. The lowest BCUT2D eigenvalue weighted by atomic mass is 9.96. The van der Waals surface area contributed by atoms with Crippen LogP contribution in [0.15, 0.2) is 84.9 Å². The van der Waals surface area contributed by atoms with Gasteiger partial charge >= 0.3 is 11.9 Å². The predicted octanol–water partition coefficient (Wildman–Crippen LogP) is 9.23. The lowest BCUT2D eigenvalue weighted by Gasteiger charge is -2.28. The van der Waals surface area contributed by atoms with Crippen LogP contribution in [0.4, 0.5) is 0 Å². The van der Waals surface area contributed by atoms with Crippen LogP contribution in [0.1, 0.15) is 58.4 Å². The van der Waals surface area contributed by atoms with Crippen molar-refractivity contribution in [1.29, 1.82) is 0 Å². The molecule has 0 aliphatic carbocycles. The molecule has 0 fully saturated rings. The van der Waals surface area contributed by atoms with Gasteiger partial charge in [-0.2, -0.15) is 0 Å². The molecule has 0 saturated carbocycles. The molecule has 2 atom stereocenters. The number of carboxylic acids is 2. The molecular weight excluding hydrogens is 606 g/mol. The number of ether oxygens (including phenoxy) is 1. The number of hydrogen-bond acceptors (Lipinski definition) is 3. The van der Waals surface area contributed by atoms with Crippen molar-refractivity contribution in [2.75, 3.05) is 0 Å². The summed E-state index contributed by atoms with van der Waals surface area (Å²) in [7, 11) is 0. The Morgan fingerprint density at radius 1 is 0.585 bits per heavy atom. The van der Waals surface area contributed by atoms with Gasteiger partial charge in [0, 0.05) is 44.1 Å². The summed E-state index contributed by atoms with van der Waals surface area (Å²) in [5, 5.41) is 19.9. The van der Waals surface area contributed by atoms with Crippen molar-refractivity contribution >= 4 is 58.3 Å². The lowest BCUT2D eigenvalue weighted by molar-refractivity contribution is -0.138. The van der Waals surface area contributed by atoms with E-state index >= 15 is 0 Å². The van der Waals surface area contributed by atoms with E-state index in [4.69, 9.17) is 61.4 Å². The van der Waals surface area contributed by atoms with Gasteiger partial charge in [0.1, 0.15) is 12.2 Å². The van der Waals surface area contributed by atoms with Crippen molar-refractivity contribution in [3.05, 3.63) is 138 Å². The highest BCUT2D eigenvalue weighted by atomic mass is 35.5. The summed E-state index contributed by atoms with van der Waals surface area (Å²) in [6.07, 6.45) is -0.447. The third-order valence-electron chi connectivity index (χ3n) is 6.58. The molecular formula is C32H26Cl4O5. The molecule has 4 rings (SSSR count). The van der Waals surface area contributed by atoms with Crippen molar-refractivity contribution in [3.63, 3.8) is 0 Å². The monoisotopic (exact) mass is 630 g/mol. The van der Waals surface area contributed by atoms with E-state index in [1.165, 1.54) is 0 Å². The van der Waals surface area contributed by atoms with Gasteiger partial charge in [-0.05, 0) is 59.4 Å². The van der Waals surface area contributed by atoms with Crippen LogP contribution in [0.5, 0.6) is 0 Å². The number of carbonyl (C=O) groups is 2. The van der Waals surface area contributed by atoms with E-state index in [2.05, 4.69) is 0 Å². The maximum absolute atomic E-state index is 11.0. The van der Waals surface area contributed by atoms with Gasteiger partial charge in [-0.3, -0.25) is 9.59 Å². The van der Waals surface area contributed by atoms with E-state index in [0.717, 1.165) is 22.3 Å². The number of hydrogen-bond donors (Lipinski definition) is 2. The first kappa shape index (κ1) is 30.9. The van der Waals surface area contributed by atoms with Gasteiger partial charge in [0.15, 0.2) is 0 Å². The molecule has 212 valence electrons. The van der Waals surface area contributed by atoms with E-state index in [-0.39, 0.29) is 12.8 Å². The molecule has 4 aromatic carbocycles. The highest BCUT2D eigenvalue weighted by Gasteiger charge is 2.27. The summed E-state index contributed by atoms with van der Waals surface area (Å²) in [6, 6.07) is 25.5. The third-order valence-corrected chi connectivity index (χ3v) is 7.71. The van der Waals surface area contributed by atoms with Crippen LogP contribution in [0.25, 0.3) is 0 Å². The first-order valence-corrected chi connectivity index (χ1v) is 14.3. The number of benzene rings is 4. The second-order valence-corrected chi connectivity index (χ2v) is 11.2. The molecule has 0 aliphatic rings. The fourth-order valence-electron chi connectivity index (χ4n) is 4.45. The van der Waals surface area contributed by atoms with Crippen LogP contribution in [-0.2, 0) is 27.2 Å². The summed E-state index contributed by atoms with van der Waals surface area (Å²) in [5.74, 6) is -1.72. The Kier molecular flexibility index (Phi) is 10.7. The van der Waals surface area contributed by atoms with Gasteiger partial charge in [0.05, 0.1) is 0 Å². The Bertz CT molecular complexity index is 1410. The molecule has 0 saturated heterocycles. The van der Waals surface area contributed by atoms with E-state index in [9.17, 15) is 9.59 Å². The zero-order valence-corrected chi connectivity index (χ0v) is 24.7. The Labute approximate surface area is 258 Å². The zero-order valence-electron chi connectivity index (χ0n) is 21.7. The van der Waals surface area contributed by atoms with Crippen LogP contribution in [-0.4, -0.2) is 22.2 Å². The second kappa shape index (κ2) is 14.2. The minimum absolute atomic E-state index is 0.0297. The van der Waals surface area contributed by atoms with Crippen LogP contribution >= 0.6 is 46.4 Å². The number of aryl methyl sites for hydroxylation is 2. The maximum atomic E-state index is 11.0. The molecule has 0 spiro atoms. The van der Waals surface area contributed by atoms with Gasteiger partial charge in [-0.25, -0.2) is 0 Å². The first-order chi connectivity index (χ1) is 19.6. The van der Waals surface area contributed by atoms with E-state index < -0.39 is 24.1 Å². The summed E-state index contributed by atoms with van der Waals surface area (Å²) < 4.78 is 6.87. The van der Waals surface area contributed by atoms with Gasteiger partial charge in [0.25, 0.3) is 0 Å². The van der Waals surface area contributed by atoms with Crippen LogP contribution in [0.2, 0.25) is 20.1 Å². The standard InChI is InChI=1S/C32H26Cl4O5/c33-23-11-13-25(27(35)17-23)31(21-7-1-19(2-8-21)5-15-29(37)38)41-32(26-14-12-24(34)18-28(26)36)22-9-3-20(4-10-22)6-16-30(39)40/h1-4,7-14,17-18,31-32H,5-6,15-16H2,(H,37,38)(H,39,40). The van der Waals surface area contributed by atoms with Crippen molar-refractivity contribution in [1.82, 2.24) is 0 Å². The van der Waals surface area contributed by atoms with Gasteiger partial charge < -0.3 is 14.9 Å². The van der Waals surface area contributed by atoms with Crippen molar-refractivity contribution < 1.29 is 24.5 Å². The molecule has 0 heterocycles. The number of aliphatic carboxylic acids is 2. The number of halogens is 4. The first-order valence-electron chi connectivity index (χ1n) is 12.8. The van der Waals surface area contributed by atoms with Gasteiger partial charge in [0.2, 0.25) is 0 Å². The van der Waals surface area contributed by atoms with E-state index in [1.54, 1.807) is 24.3 Å². The summed E-state index contributed by atoms with van der Waals surface area (Å²) >= 11 is 25.8. The Morgan fingerprint density at radius 2 is 0.951 bits per heavy atom. The fraction of sp³-hybridized carbons (Fsp3) is 0.188. The molecule has 0 aromatic heterocycles. The van der Waals surface area contributed by atoms with Crippen LogP contribution in [0, 0.1) is 0 Å². The van der Waals surface area contributed by atoms with Crippen molar-refractivity contribution in [3.8, 4) is 0 Å². The molecule has 9 heteroatoms. The quantitative estimate of drug-likeness (QED) is 0.163. The molecule has 2 unspecified atom stereocenters. The normalized spacial score (nSPS) is 12.6. The Balaban J connectivity index is 1.77. The number of carboxylic acid groups (broad SMARTS) is 2. The lowest BCUT2D eigenvalue weighted by Crippen LogP contribution is -2.14. The molecule has 5 nitrogen and oxygen atoms in total. The summed E-state index contributed by atoms with van der Waals surface area (Å²) in [6.45, 7) is 0. The molecule has 4 aromatic rings. The van der Waals surface area contributed by atoms with Crippen LogP contribution in [0.3, 0.4) is 0 Å². The second-order valence-electron chi connectivity index (χ2n) is 9.50. The van der Waals surface area contributed by atoms with Gasteiger partial charge in [-0.15, -0.1) is 0 Å². The smallest absolute Gasteiger partial charge is 0.303 e. The predicted molar refractivity (Wildman–Crippen MR) is 162 cm³/mol. The summed E-state index contributed by atoms with van der Waals surface area (Å²) in [5.41, 5.74) is 4.71. The van der Waals surface area contributed by atoms with E-state index in [0.29, 0.717) is 44.1 Å². The Hall–Kier alpha value is -3.06. The largest absolute Gasteiger partial charge is 0.481 e. The summed E-state index contributed by atoms with van der Waals surface area (Å²) in [4.78, 5) is 22.1. The zero-order chi connectivity index (χ0) is 29.5. The molecule has 0 bridgehead atoms. The van der Waals surface area contributed by atoms with Crippen LogP contribution < -0.4 is 0 Å². The highest BCUT2D eigenvalue weighted by Crippen LogP contribution is 2.41. The molecule has 2 N–H and O–H groups in total. The molecule has 0 amide bonds. The fourth-order valence-corrected chi connectivity index (χ4v) is 5.46. The van der Waals surface area contributed by atoms with E-state index in [1.807, 2.05) is 60.7 Å². The molecule has 0 aliphatic heterocycles. The minimum atomic E-state index is -0.861. The highest BCUT2D eigenvalue weighted by molar-refractivity contribution is 6.35.